The van der Waals surface area contributed by atoms with Gasteiger partial charge in [0.25, 0.3) is 0 Å². The number of nitriles is 1. The maximum Gasteiger partial charge on any atom is 0.222 e. The van der Waals surface area contributed by atoms with Gasteiger partial charge in [0.05, 0.1) is 19.1 Å². The molecule has 5 heteroatoms. The van der Waals surface area contributed by atoms with Gasteiger partial charge in [-0.05, 0) is 25.5 Å². The fraction of sp³-hybridized carbons (Fsp3) is 0.467. The molecule has 0 aliphatic carbocycles. The van der Waals surface area contributed by atoms with Crippen molar-refractivity contribution in [3.8, 4) is 11.8 Å². The van der Waals surface area contributed by atoms with Crippen molar-refractivity contribution >= 4 is 5.91 Å². The molecule has 0 bridgehead atoms. The molecule has 0 saturated heterocycles. The van der Waals surface area contributed by atoms with E-state index < -0.39 is 5.82 Å². The molecule has 1 rings (SSSR count). The predicted molar refractivity (Wildman–Crippen MR) is 73.6 cm³/mol. The predicted octanol–water partition coefficient (Wildman–Crippen LogP) is 2.75. The molecule has 108 valence electrons. The topological polar surface area (TPSA) is 53.3 Å². The molecular formula is C15H19FN2O2. The van der Waals surface area contributed by atoms with Crippen molar-refractivity contribution in [3.63, 3.8) is 0 Å². The molecule has 4 nitrogen and oxygen atoms in total. The number of halogens is 1. The van der Waals surface area contributed by atoms with Crippen LogP contribution in [0.1, 0.15) is 26.2 Å². The summed E-state index contributed by atoms with van der Waals surface area (Å²) < 4.78 is 18.5. The van der Waals surface area contributed by atoms with Crippen LogP contribution in [0, 0.1) is 17.1 Å². The Morgan fingerprint density at radius 3 is 2.85 bits per heavy atom. The lowest BCUT2D eigenvalue weighted by Crippen LogP contribution is -2.34. The Labute approximate surface area is 118 Å². The summed E-state index contributed by atoms with van der Waals surface area (Å²) in [4.78, 5) is 13.4. The quantitative estimate of drug-likeness (QED) is 0.721. The number of benzene rings is 1. The molecule has 0 fully saturated rings. The molecule has 0 heterocycles. The summed E-state index contributed by atoms with van der Waals surface area (Å²) in [5.74, 6) is -0.241. The monoisotopic (exact) mass is 278 g/mol. The summed E-state index contributed by atoms with van der Waals surface area (Å²) in [6.45, 7) is 2.12. The van der Waals surface area contributed by atoms with Crippen LogP contribution in [0.15, 0.2) is 24.3 Å². The summed E-state index contributed by atoms with van der Waals surface area (Å²) in [6.07, 6.45) is 1.14. The smallest absolute Gasteiger partial charge is 0.222 e. The van der Waals surface area contributed by atoms with Gasteiger partial charge in [0.15, 0.2) is 11.6 Å². The van der Waals surface area contributed by atoms with Crippen molar-refractivity contribution < 1.29 is 13.9 Å². The van der Waals surface area contributed by atoms with Gasteiger partial charge in [-0.15, -0.1) is 0 Å². The zero-order valence-corrected chi connectivity index (χ0v) is 11.8. The SMILES string of the molecule is C[C@H](CC#N)N(C)C(=O)CCCOc1ccccc1F. The number of hydrogen-bond donors (Lipinski definition) is 0. The highest BCUT2D eigenvalue weighted by atomic mass is 19.1. The van der Waals surface area contributed by atoms with Crippen molar-refractivity contribution in [2.45, 2.75) is 32.2 Å². The molecule has 0 spiro atoms. The third kappa shape index (κ3) is 4.88. The maximum atomic E-state index is 13.3. The molecule has 1 amide bonds. The van der Waals surface area contributed by atoms with Crippen LogP contribution in [0.4, 0.5) is 4.39 Å². The molecule has 1 aromatic rings. The average molecular weight is 278 g/mol. The van der Waals surface area contributed by atoms with Crippen LogP contribution in [0.2, 0.25) is 0 Å². The molecule has 0 aromatic heterocycles. The van der Waals surface area contributed by atoms with Gasteiger partial charge in [-0.1, -0.05) is 12.1 Å². The van der Waals surface area contributed by atoms with Crippen LogP contribution < -0.4 is 4.74 Å². The van der Waals surface area contributed by atoms with Crippen LogP contribution in [0.5, 0.6) is 5.75 Å². The van der Waals surface area contributed by atoms with Gasteiger partial charge in [-0.3, -0.25) is 4.79 Å². The third-order valence-electron chi connectivity index (χ3n) is 3.07. The highest BCUT2D eigenvalue weighted by molar-refractivity contribution is 5.76. The van der Waals surface area contributed by atoms with Crippen molar-refractivity contribution in [2.24, 2.45) is 0 Å². The van der Waals surface area contributed by atoms with E-state index in [1.165, 1.54) is 6.07 Å². The molecule has 0 N–H and O–H groups in total. The van der Waals surface area contributed by atoms with Crippen LogP contribution >= 0.6 is 0 Å². The van der Waals surface area contributed by atoms with Gasteiger partial charge in [-0.25, -0.2) is 4.39 Å². The molecule has 1 aromatic carbocycles. The number of hydrogen-bond acceptors (Lipinski definition) is 3. The first-order chi connectivity index (χ1) is 9.56. The number of amides is 1. The normalized spacial score (nSPS) is 11.5. The molecule has 20 heavy (non-hydrogen) atoms. The fourth-order valence-electron chi connectivity index (χ4n) is 1.66. The second-order valence-electron chi connectivity index (χ2n) is 4.60. The molecule has 1 atom stereocenters. The highest BCUT2D eigenvalue weighted by Gasteiger charge is 2.14. The van der Waals surface area contributed by atoms with E-state index >= 15 is 0 Å². The van der Waals surface area contributed by atoms with Crippen LogP contribution in [0.25, 0.3) is 0 Å². The lowest BCUT2D eigenvalue weighted by molar-refractivity contribution is -0.131. The van der Waals surface area contributed by atoms with E-state index in [2.05, 4.69) is 0 Å². The molecule has 0 unspecified atom stereocenters. The summed E-state index contributed by atoms with van der Waals surface area (Å²) in [6, 6.07) is 8.12. The molecule has 0 aliphatic rings. The van der Waals surface area contributed by atoms with E-state index in [9.17, 15) is 9.18 Å². The lowest BCUT2D eigenvalue weighted by Gasteiger charge is -2.22. The Hall–Kier alpha value is -2.09. The van der Waals surface area contributed by atoms with Crippen LogP contribution in [-0.4, -0.2) is 30.5 Å². The molecular weight excluding hydrogens is 259 g/mol. The average Bonchev–Trinajstić information content (AvgIpc) is 2.44. The minimum atomic E-state index is -0.404. The van der Waals surface area contributed by atoms with Gasteiger partial charge in [-0.2, -0.15) is 5.26 Å². The summed E-state index contributed by atoms with van der Waals surface area (Å²) in [5.41, 5.74) is 0. The first kappa shape index (κ1) is 16.0. The van der Waals surface area contributed by atoms with Crippen molar-refractivity contribution in [1.82, 2.24) is 4.90 Å². The zero-order valence-electron chi connectivity index (χ0n) is 11.8. The van der Waals surface area contributed by atoms with Gasteiger partial charge < -0.3 is 9.64 Å². The Morgan fingerprint density at radius 2 is 2.20 bits per heavy atom. The number of para-hydroxylation sites is 1. The van der Waals surface area contributed by atoms with E-state index in [1.54, 1.807) is 30.1 Å². The first-order valence-electron chi connectivity index (χ1n) is 6.56. The third-order valence-corrected chi connectivity index (χ3v) is 3.07. The van der Waals surface area contributed by atoms with Crippen molar-refractivity contribution in [3.05, 3.63) is 30.1 Å². The summed E-state index contributed by atoms with van der Waals surface area (Å²) in [7, 11) is 1.68. The Bertz CT molecular complexity index is 485. The van der Waals surface area contributed by atoms with Crippen LogP contribution in [0.3, 0.4) is 0 Å². The van der Waals surface area contributed by atoms with Gasteiger partial charge in [0.2, 0.25) is 5.91 Å². The van der Waals surface area contributed by atoms with E-state index in [0.717, 1.165) is 0 Å². The molecule has 0 aliphatic heterocycles. The Morgan fingerprint density at radius 1 is 1.50 bits per heavy atom. The Kier molecular flexibility index (Phi) is 6.51. The fourth-order valence-corrected chi connectivity index (χ4v) is 1.66. The minimum absolute atomic E-state index is 0.0371. The summed E-state index contributed by atoms with van der Waals surface area (Å²) >= 11 is 0. The van der Waals surface area contributed by atoms with Crippen molar-refractivity contribution in [2.75, 3.05) is 13.7 Å². The number of rotatable bonds is 7. The van der Waals surface area contributed by atoms with Crippen molar-refractivity contribution in [1.29, 1.82) is 5.26 Å². The standard InChI is InChI=1S/C15H19FN2O2/c1-12(9-10-17)18(2)15(19)8-5-11-20-14-7-4-3-6-13(14)16/h3-4,6-7,12H,5,8-9,11H2,1-2H3/t12-/m1/s1. The van der Waals surface area contributed by atoms with E-state index in [0.29, 0.717) is 19.3 Å². The van der Waals surface area contributed by atoms with Gasteiger partial charge in [0, 0.05) is 19.5 Å². The maximum absolute atomic E-state index is 13.3. The van der Waals surface area contributed by atoms with E-state index in [1.807, 2.05) is 13.0 Å². The van der Waals surface area contributed by atoms with Gasteiger partial charge in [0.1, 0.15) is 0 Å². The lowest BCUT2D eigenvalue weighted by atomic mass is 10.2. The Balaban J connectivity index is 2.29. The van der Waals surface area contributed by atoms with E-state index in [4.69, 9.17) is 10.00 Å². The molecule has 0 saturated carbocycles. The summed E-state index contributed by atoms with van der Waals surface area (Å²) in [5, 5.41) is 8.59. The van der Waals surface area contributed by atoms with E-state index in [-0.39, 0.29) is 24.3 Å². The van der Waals surface area contributed by atoms with Crippen LogP contribution in [-0.2, 0) is 4.79 Å². The minimum Gasteiger partial charge on any atom is -0.491 e. The second-order valence-corrected chi connectivity index (χ2v) is 4.60. The number of ether oxygens (including phenoxy) is 1. The number of carbonyl (C=O) groups is 1. The second kappa shape index (κ2) is 8.16. The zero-order chi connectivity index (χ0) is 15.0. The van der Waals surface area contributed by atoms with Gasteiger partial charge >= 0.3 is 0 Å². The molecule has 0 radical (unpaired) electrons. The first-order valence-corrected chi connectivity index (χ1v) is 6.56. The number of nitrogens with zero attached hydrogens (tertiary/aromatic N) is 2. The highest BCUT2D eigenvalue weighted by Crippen LogP contribution is 2.15. The number of carbonyl (C=O) groups excluding carboxylic acids is 1. The largest absolute Gasteiger partial charge is 0.491 e.